The molecule has 1 fully saturated rings. The Morgan fingerprint density at radius 3 is 3.07 bits per heavy atom. The van der Waals surface area contributed by atoms with E-state index in [-0.39, 0.29) is 12.0 Å². The Morgan fingerprint density at radius 1 is 1.67 bits per heavy atom. The van der Waals surface area contributed by atoms with Crippen LogP contribution in [0.15, 0.2) is 0 Å². The minimum atomic E-state index is -0.542. The Balaban J connectivity index is 2.14. The SMILES string of the molecule is CCCNC(=O)OC(=N)CC1CCCO1. The number of alkyl carbamates (subject to hydrolysis) is 1. The molecule has 1 aliphatic heterocycles. The number of hydrogen-bond donors (Lipinski definition) is 2. The van der Waals surface area contributed by atoms with Gasteiger partial charge in [0.2, 0.25) is 0 Å². The standard InChI is InChI=1S/C10H18N2O3/c1-2-5-12-10(13)15-9(11)7-8-4-3-6-14-8/h8,11H,2-7H2,1H3,(H,12,13). The summed E-state index contributed by atoms with van der Waals surface area (Å²) in [6, 6.07) is 0. The molecule has 1 atom stereocenters. The summed E-state index contributed by atoms with van der Waals surface area (Å²) >= 11 is 0. The van der Waals surface area contributed by atoms with Gasteiger partial charge in [-0.1, -0.05) is 6.92 Å². The minimum Gasteiger partial charge on any atom is -0.396 e. The summed E-state index contributed by atoms with van der Waals surface area (Å²) in [6.07, 6.45) is 2.73. The van der Waals surface area contributed by atoms with E-state index in [1.807, 2.05) is 6.92 Å². The van der Waals surface area contributed by atoms with E-state index < -0.39 is 6.09 Å². The van der Waals surface area contributed by atoms with Crippen LogP contribution in [0.25, 0.3) is 0 Å². The van der Waals surface area contributed by atoms with Crippen LogP contribution in [0.2, 0.25) is 0 Å². The van der Waals surface area contributed by atoms with Crippen LogP contribution in [0.4, 0.5) is 4.79 Å². The Hall–Kier alpha value is -1.10. The second-order valence-electron chi connectivity index (χ2n) is 3.58. The average Bonchev–Trinajstić information content (AvgIpc) is 2.67. The third kappa shape index (κ3) is 4.78. The molecule has 0 aromatic carbocycles. The molecular weight excluding hydrogens is 196 g/mol. The molecule has 5 heteroatoms. The lowest BCUT2D eigenvalue weighted by Gasteiger charge is -2.10. The van der Waals surface area contributed by atoms with Gasteiger partial charge < -0.3 is 14.8 Å². The van der Waals surface area contributed by atoms with Crippen LogP contribution < -0.4 is 5.32 Å². The van der Waals surface area contributed by atoms with Gasteiger partial charge in [0.15, 0.2) is 5.90 Å². The third-order valence-corrected chi connectivity index (χ3v) is 2.17. The van der Waals surface area contributed by atoms with E-state index in [1.54, 1.807) is 0 Å². The highest BCUT2D eigenvalue weighted by Crippen LogP contribution is 2.15. The third-order valence-electron chi connectivity index (χ3n) is 2.17. The number of amides is 1. The molecule has 0 bridgehead atoms. The van der Waals surface area contributed by atoms with E-state index >= 15 is 0 Å². The normalized spacial score (nSPS) is 19.9. The van der Waals surface area contributed by atoms with Gasteiger partial charge in [-0.3, -0.25) is 5.41 Å². The molecule has 0 saturated carbocycles. The Morgan fingerprint density at radius 2 is 2.47 bits per heavy atom. The van der Waals surface area contributed by atoms with Gasteiger partial charge >= 0.3 is 6.09 Å². The van der Waals surface area contributed by atoms with Gasteiger partial charge in [-0.05, 0) is 19.3 Å². The molecule has 2 N–H and O–H groups in total. The fourth-order valence-corrected chi connectivity index (χ4v) is 1.43. The van der Waals surface area contributed by atoms with Crippen LogP contribution in [0.5, 0.6) is 0 Å². The summed E-state index contributed by atoms with van der Waals surface area (Å²) in [5.41, 5.74) is 0. The van der Waals surface area contributed by atoms with Crippen LogP contribution in [0, 0.1) is 5.41 Å². The summed E-state index contributed by atoms with van der Waals surface area (Å²) in [7, 11) is 0. The zero-order chi connectivity index (χ0) is 11.1. The summed E-state index contributed by atoms with van der Waals surface area (Å²) < 4.78 is 10.1. The largest absolute Gasteiger partial charge is 0.413 e. The topological polar surface area (TPSA) is 71.4 Å². The van der Waals surface area contributed by atoms with Crippen LogP contribution in [-0.2, 0) is 9.47 Å². The average molecular weight is 214 g/mol. The van der Waals surface area contributed by atoms with Crippen molar-refractivity contribution >= 4 is 12.0 Å². The number of rotatable bonds is 4. The molecule has 0 spiro atoms. The van der Waals surface area contributed by atoms with Gasteiger partial charge in [-0.15, -0.1) is 0 Å². The molecule has 1 aliphatic rings. The van der Waals surface area contributed by atoms with Crippen molar-refractivity contribution in [2.24, 2.45) is 0 Å². The second-order valence-corrected chi connectivity index (χ2v) is 3.58. The van der Waals surface area contributed by atoms with E-state index in [1.165, 1.54) is 0 Å². The molecule has 1 amide bonds. The molecule has 15 heavy (non-hydrogen) atoms. The molecule has 0 radical (unpaired) electrons. The van der Waals surface area contributed by atoms with E-state index in [2.05, 4.69) is 5.32 Å². The fourth-order valence-electron chi connectivity index (χ4n) is 1.43. The molecule has 86 valence electrons. The van der Waals surface area contributed by atoms with Crippen molar-refractivity contribution in [3.8, 4) is 0 Å². The first-order valence-corrected chi connectivity index (χ1v) is 5.37. The number of nitrogens with one attached hydrogen (secondary N) is 2. The summed E-state index contributed by atoms with van der Waals surface area (Å²) in [4.78, 5) is 11.1. The molecule has 0 aliphatic carbocycles. The van der Waals surface area contributed by atoms with E-state index in [9.17, 15) is 4.79 Å². The van der Waals surface area contributed by atoms with E-state index in [4.69, 9.17) is 14.9 Å². The summed E-state index contributed by atoms with van der Waals surface area (Å²) in [5.74, 6) is -0.0181. The van der Waals surface area contributed by atoms with Gasteiger partial charge in [0.05, 0.1) is 12.5 Å². The smallest absolute Gasteiger partial charge is 0.396 e. The zero-order valence-corrected chi connectivity index (χ0v) is 9.04. The van der Waals surface area contributed by atoms with Crippen LogP contribution in [-0.4, -0.2) is 31.2 Å². The predicted molar refractivity (Wildman–Crippen MR) is 56.1 cm³/mol. The Bertz CT molecular complexity index is 225. The van der Waals surface area contributed by atoms with Crippen LogP contribution in [0.3, 0.4) is 0 Å². The van der Waals surface area contributed by atoms with Crippen LogP contribution in [0.1, 0.15) is 32.6 Å². The maximum atomic E-state index is 11.1. The number of ether oxygens (including phenoxy) is 2. The first-order valence-electron chi connectivity index (χ1n) is 5.37. The highest BCUT2D eigenvalue weighted by Gasteiger charge is 2.19. The number of carbonyl (C=O) groups is 1. The minimum absolute atomic E-state index is 0.0181. The quantitative estimate of drug-likeness (QED) is 0.552. The van der Waals surface area contributed by atoms with Crippen molar-refractivity contribution in [1.29, 1.82) is 5.41 Å². The van der Waals surface area contributed by atoms with Gasteiger partial charge in [0, 0.05) is 13.2 Å². The van der Waals surface area contributed by atoms with E-state index in [0.29, 0.717) is 13.0 Å². The summed E-state index contributed by atoms with van der Waals surface area (Å²) in [6.45, 7) is 3.28. The molecular formula is C10H18N2O3. The monoisotopic (exact) mass is 214 g/mol. The molecule has 1 rings (SSSR count). The molecule has 0 aromatic rings. The lowest BCUT2D eigenvalue weighted by atomic mass is 10.2. The van der Waals surface area contributed by atoms with E-state index in [0.717, 1.165) is 25.9 Å². The number of carbonyl (C=O) groups excluding carboxylic acids is 1. The lowest BCUT2D eigenvalue weighted by Crippen LogP contribution is -2.28. The maximum absolute atomic E-state index is 11.1. The highest BCUT2D eigenvalue weighted by molar-refractivity contribution is 5.86. The maximum Gasteiger partial charge on any atom is 0.413 e. The molecule has 0 aromatic heterocycles. The lowest BCUT2D eigenvalue weighted by molar-refractivity contribution is 0.112. The van der Waals surface area contributed by atoms with Crippen molar-refractivity contribution in [3.05, 3.63) is 0 Å². The molecule has 1 saturated heterocycles. The molecule has 5 nitrogen and oxygen atoms in total. The molecule has 1 unspecified atom stereocenters. The van der Waals surface area contributed by atoms with Gasteiger partial charge in [-0.2, -0.15) is 0 Å². The first kappa shape index (κ1) is 12.0. The Kier molecular flexibility index (Phi) is 5.10. The highest BCUT2D eigenvalue weighted by atomic mass is 16.6. The van der Waals surface area contributed by atoms with Crippen LogP contribution >= 0.6 is 0 Å². The van der Waals surface area contributed by atoms with Gasteiger partial charge in [0.1, 0.15) is 0 Å². The van der Waals surface area contributed by atoms with Crippen molar-refractivity contribution in [3.63, 3.8) is 0 Å². The second kappa shape index (κ2) is 6.40. The summed E-state index contributed by atoms with van der Waals surface area (Å²) in [5, 5.41) is 10.0. The van der Waals surface area contributed by atoms with Crippen molar-refractivity contribution in [2.45, 2.75) is 38.7 Å². The number of hydrogen-bond acceptors (Lipinski definition) is 4. The zero-order valence-electron chi connectivity index (χ0n) is 9.04. The molecule has 1 heterocycles. The van der Waals surface area contributed by atoms with Crippen molar-refractivity contribution in [2.75, 3.05) is 13.2 Å². The van der Waals surface area contributed by atoms with Crippen molar-refractivity contribution in [1.82, 2.24) is 5.32 Å². The first-order chi connectivity index (χ1) is 7.22. The Labute approximate surface area is 89.6 Å². The van der Waals surface area contributed by atoms with Gasteiger partial charge in [-0.25, -0.2) is 4.79 Å². The van der Waals surface area contributed by atoms with Crippen molar-refractivity contribution < 1.29 is 14.3 Å². The van der Waals surface area contributed by atoms with Gasteiger partial charge in [0.25, 0.3) is 0 Å². The predicted octanol–water partition coefficient (Wildman–Crippen LogP) is 1.67. The fraction of sp³-hybridized carbons (Fsp3) is 0.800.